The second kappa shape index (κ2) is 5.32. The lowest BCUT2D eigenvalue weighted by atomic mass is 10.2. The average molecular weight is 253 g/mol. The Morgan fingerprint density at radius 2 is 2.38 bits per heavy atom. The summed E-state index contributed by atoms with van der Waals surface area (Å²) in [5, 5.41) is 6.07. The van der Waals surface area contributed by atoms with E-state index in [0.717, 1.165) is 12.1 Å². The number of nitrogens with one attached hydrogen (secondary N) is 1. The Labute approximate surface area is 104 Å². The first-order chi connectivity index (χ1) is 7.79. The molecule has 0 saturated heterocycles. The SMILES string of the molecule is CCC(Nc1ccnc(Cl)c1)c1cccs1. The quantitative estimate of drug-likeness (QED) is 0.818. The van der Waals surface area contributed by atoms with Crippen LogP contribution in [0.4, 0.5) is 5.69 Å². The van der Waals surface area contributed by atoms with Gasteiger partial charge in [0, 0.05) is 16.8 Å². The highest BCUT2D eigenvalue weighted by molar-refractivity contribution is 7.10. The molecule has 0 radical (unpaired) electrons. The molecule has 2 heterocycles. The van der Waals surface area contributed by atoms with Crippen molar-refractivity contribution in [2.24, 2.45) is 0 Å². The summed E-state index contributed by atoms with van der Waals surface area (Å²) in [6.07, 6.45) is 2.76. The first-order valence-corrected chi connectivity index (χ1v) is 6.47. The maximum absolute atomic E-state index is 5.85. The Balaban J connectivity index is 2.13. The molecule has 2 aromatic rings. The fourth-order valence-corrected chi connectivity index (χ4v) is 2.59. The van der Waals surface area contributed by atoms with Gasteiger partial charge in [0.25, 0.3) is 0 Å². The topological polar surface area (TPSA) is 24.9 Å². The Morgan fingerprint density at radius 1 is 1.50 bits per heavy atom. The molecular formula is C12H13ClN2S. The van der Waals surface area contributed by atoms with E-state index in [0.29, 0.717) is 11.2 Å². The number of thiophene rings is 1. The lowest BCUT2D eigenvalue weighted by Gasteiger charge is -2.16. The van der Waals surface area contributed by atoms with Gasteiger partial charge in [0.15, 0.2) is 0 Å². The van der Waals surface area contributed by atoms with Crippen molar-refractivity contribution in [1.82, 2.24) is 4.98 Å². The molecule has 0 amide bonds. The molecule has 84 valence electrons. The van der Waals surface area contributed by atoms with Crippen LogP contribution in [0.2, 0.25) is 5.15 Å². The largest absolute Gasteiger partial charge is 0.377 e. The van der Waals surface area contributed by atoms with Crippen LogP contribution in [0.5, 0.6) is 0 Å². The highest BCUT2D eigenvalue weighted by Gasteiger charge is 2.09. The number of hydrogen-bond donors (Lipinski definition) is 1. The van der Waals surface area contributed by atoms with Gasteiger partial charge in [0.05, 0.1) is 6.04 Å². The van der Waals surface area contributed by atoms with Crippen molar-refractivity contribution < 1.29 is 0 Å². The van der Waals surface area contributed by atoms with Crippen LogP contribution in [0.1, 0.15) is 24.3 Å². The van der Waals surface area contributed by atoms with Gasteiger partial charge in [-0.25, -0.2) is 4.98 Å². The smallest absolute Gasteiger partial charge is 0.131 e. The van der Waals surface area contributed by atoms with E-state index in [-0.39, 0.29) is 0 Å². The highest BCUT2D eigenvalue weighted by atomic mass is 35.5. The van der Waals surface area contributed by atoms with Gasteiger partial charge in [-0.1, -0.05) is 24.6 Å². The van der Waals surface area contributed by atoms with Gasteiger partial charge in [-0.3, -0.25) is 0 Å². The molecule has 0 aromatic carbocycles. The van der Waals surface area contributed by atoms with Gasteiger partial charge < -0.3 is 5.32 Å². The molecule has 2 rings (SSSR count). The van der Waals surface area contributed by atoms with Gasteiger partial charge in [-0.2, -0.15) is 0 Å². The standard InChI is InChI=1S/C12H13ClN2S/c1-2-10(11-4-3-7-16-11)15-9-5-6-14-12(13)8-9/h3-8,10H,2H2,1H3,(H,14,15). The Bertz CT molecular complexity index is 442. The predicted octanol–water partition coefficient (Wildman–Crippen LogP) is 4.36. The maximum atomic E-state index is 5.85. The highest BCUT2D eigenvalue weighted by Crippen LogP contribution is 2.26. The molecule has 0 spiro atoms. The monoisotopic (exact) mass is 252 g/mol. The molecule has 16 heavy (non-hydrogen) atoms. The van der Waals surface area contributed by atoms with Gasteiger partial charge in [0.1, 0.15) is 5.15 Å². The number of aromatic nitrogens is 1. The van der Waals surface area contributed by atoms with Crippen LogP contribution in [0, 0.1) is 0 Å². The van der Waals surface area contributed by atoms with E-state index in [9.17, 15) is 0 Å². The molecule has 0 saturated carbocycles. The summed E-state index contributed by atoms with van der Waals surface area (Å²) in [5.74, 6) is 0. The van der Waals surface area contributed by atoms with Crippen molar-refractivity contribution in [3.05, 3.63) is 45.9 Å². The number of hydrogen-bond acceptors (Lipinski definition) is 3. The fraction of sp³-hybridized carbons (Fsp3) is 0.250. The van der Waals surface area contributed by atoms with Crippen molar-refractivity contribution in [2.45, 2.75) is 19.4 Å². The minimum absolute atomic E-state index is 0.346. The second-order valence-corrected chi connectivity index (χ2v) is 4.85. The summed E-state index contributed by atoms with van der Waals surface area (Å²) in [5.41, 5.74) is 1.01. The maximum Gasteiger partial charge on any atom is 0.131 e. The third-order valence-corrected chi connectivity index (χ3v) is 3.56. The van der Waals surface area contributed by atoms with Crippen molar-refractivity contribution in [3.63, 3.8) is 0 Å². The third kappa shape index (κ3) is 2.74. The van der Waals surface area contributed by atoms with E-state index < -0.39 is 0 Å². The van der Waals surface area contributed by atoms with Crippen LogP contribution in [-0.4, -0.2) is 4.98 Å². The molecule has 0 aliphatic heterocycles. The fourth-order valence-electron chi connectivity index (χ4n) is 1.56. The number of anilines is 1. The Hall–Kier alpha value is -1.06. The van der Waals surface area contributed by atoms with Crippen molar-refractivity contribution >= 4 is 28.6 Å². The number of nitrogens with zero attached hydrogens (tertiary/aromatic N) is 1. The first kappa shape index (κ1) is 11.4. The summed E-state index contributed by atoms with van der Waals surface area (Å²) < 4.78 is 0. The zero-order chi connectivity index (χ0) is 11.4. The van der Waals surface area contributed by atoms with Gasteiger partial charge in [-0.15, -0.1) is 11.3 Å². The summed E-state index contributed by atoms with van der Waals surface area (Å²) in [6, 6.07) is 8.34. The molecule has 0 aliphatic rings. The van der Waals surface area contributed by atoms with Crippen molar-refractivity contribution in [1.29, 1.82) is 0 Å². The average Bonchev–Trinajstić information content (AvgIpc) is 2.79. The molecule has 2 nitrogen and oxygen atoms in total. The van der Waals surface area contributed by atoms with Crippen LogP contribution < -0.4 is 5.32 Å². The normalized spacial score (nSPS) is 12.4. The molecule has 1 atom stereocenters. The zero-order valence-corrected chi connectivity index (χ0v) is 10.6. The third-order valence-electron chi connectivity index (χ3n) is 2.36. The summed E-state index contributed by atoms with van der Waals surface area (Å²) in [4.78, 5) is 5.31. The van der Waals surface area contributed by atoms with Crippen LogP contribution in [-0.2, 0) is 0 Å². The lowest BCUT2D eigenvalue weighted by molar-refractivity contribution is 0.764. The van der Waals surface area contributed by atoms with Crippen LogP contribution in [0.25, 0.3) is 0 Å². The van der Waals surface area contributed by atoms with E-state index in [4.69, 9.17) is 11.6 Å². The summed E-state index contributed by atoms with van der Waals surface area (Å²) in [7, 11) is 0. The molecule has 1 unspecified atom stereocenters. The van der Waals surface area contributed by atoms with Gasteiger partial charge >= 0.3 is 0 Å². The molecule has 0 bridgehead atoms. The van der Waals surface area contributed by atoms with Crippen LogP contribution in [0.15, 0.2) is 35.8 Å². The summed E-state index contributed by atoms with van der Waals surface area (Å²) >= 11 is 7.62. The molecule has 0 fully saturated rings. The predicted molar refractivity (Wildman–Crippen MR) is 70.2 cm³/mol. The van der Waals surface area contributed by atoms with E-state index >= 15 is 0 Å². The number of pyridine rings is 1. The number of halogens is 1. The van der Waals surface area contributed by atoms with E-state index in [2.05, 4.69) is 34.7 Å². The van der Waals surface area contributed by atoms with E-state index in [1.807, 2.05) is 12.1 Å². The second-order valence-electron chi connectivity index (χ2n) is 3.49. The zero-order valence-electron chi connectivity index (χ0n) is 8.98. The summed E-state index contributed by atoms with van der Waals surface area (Å²) in [6.45, 7) is 2.17. The van der Waals surface area contributed by atoms with Gasteiger partial charge in [-0.05, 0) is 30.0 Å². The van der Waals surface area contributed by atoms with Crippen molar-refractivity contribution in [3.8, 4) is 0 Å². The minimum atomic E-state index is 0.346. The molecular weight excluding hydrogens is 240 g/mol. The van der Waals surface area contributed by atoms with E-state index in [1.54, 1.807) is 17.5 Å². The van der Waals surface area contributed by atoms with Crippen LogP contribution in [0.3, 0.4) is 0 Å². The van der Waals surface area contributed by atoms with Crippen molar-refractivity contribution in [2.75, 3.05) is 5.32 Å². The molecule has 1 N–H and O–H groups in total. The molecule has 0 aliphatic carbocycles. The first-order valence-electron chi connectivity index (χ1n) is 5.21. The Morgan fingerprint density at radius 3 is 3.00 bits per heavy atom. The number of rotatable bonds is 4. The minimum Gasteiger partial charge on any atom is -0.377 e. The molecule has 4 heteroatoms. The molecule has 2 aromatic heterocycles. The lowest BCUT2D eigenvalue weighted by Crippen LogP contribution is -2.07. The van der Waals surface area contributed by atoms with Crippen LogP contribution >= 0.6 is 22.9 Å². The van der Waals surface area contributed by atoms with Gasteiger partial charge in [0.2, 0.25) is 0 Å². The Kier molecular flexibility index (Phi) is 3.80. The van der Waals surface area contributed by atoms with E-state index in [1.165, 1.54) is 4.88 Å².